The molecule has 2 aromatic rings. The molecule has 0 saturated carbocycles. The quantitative estimate of drug-likeness (QED) is 0.852. The van der Waals surface area contributed by atoms with Crippen molar-refractivity contribution in [2.45, 2.75) is 52.7 Å². The van der Waals surface area contributed by atoms with Gasteiger partial charge in [-0.1, -0.05) is 5.16 Å². The van der Waals surface area contributed by atoms with Gasteiger partial charge in [-0.3, -0.25) is 4.90 Å². The van der Waals surface area contributed by atoms with Gasteiger partial charge in [0.2, 0.25) is 0 Å². The lowest BCUT2D eigenvalue weighted by molar-refractivity contribution is 0.194. The molecule has 6 heteroatoms. The van der Waals surface area contributed by atoms with Crippen molar-refractivity contribution in [2.24, 2.45) is 0 Å². The maximum atomic E-state index is 5.33. The van der Waals surface area contributed by atoms with Gasteiger partial charge in [-0.2, -0.15) is 5.10 Å². The highest BCUT2D eigenvalue weighted by molar-refractivity contribution is 5.03. The molecule has 2 aromatic heterocycles. The van der Waals surface area contributed by atoms with Gasteiger partial charge in [0.25, 0.3) is 0 Å². The van der Waals surface area contributed by atoms with Crippen LogP contribution in [0.15, 0.2) is 10.6 Å². The molecule has 20 heavy (non-hydrogen) atoms. The van der Waals surface area contributed by atoms with Crippen LogP contribution in [0, 0.1) is 20.8 Å². The highest BCUT2D eigenvalue weighted by Gasteiger charge is 2.26. The molecule has 0 radical (unpaired) electrons. The Labute approximate surface area is 118 Å². The summed E-state index contributed by atoms with van der Waals surface area (Å²) in [5, 5.41) is 8.42. The summed E-state index contributed by atoms with van der Waals surface area (Å²) in [6, 6.07) is 2.51. The largest absolute Gasteiger partial charge is 0.360 e. The average Bonchev–Trinajstić information content (AvgIpc) is 3.05. The van der Waals surface area contributed by atoms with E-state index in [1.54, 1.807) is 0 Å². The van der Waals surface area contributed by atoms with Gasteiger partial charge >= 0.3 is 0 Å². The van der Waals surface area contributed by atoms with E-state index < -0.39 is 0 Å². The fraction of sp³-hybridized carbons (Fsp3) is 0.643. The lowest BCUT2D eigenvalue weighted by Crippen LogP contribution is -2.33. The van der Waals surface area contributed by atoms with Crippen molar-refractivity contribution in [1.29, 1.82) is 0 Å². The van der Waals surface area contributed by atoms with Crippen molar-refractivity contribution < 1.29 is 4.52 Å². The summed E-state index contributed by atoms with van der Waals surface area (Å²) >= 11 is 0. The maximum absolute atomic E-state index is 5.33. The van der Waals surface area contributed by atoms with Gasteiger partial charge < -0.3 is 4.52 Å². The first kappa shape index (κ1) is 13.3. The molecule has 1 atom stereocenters. The molecule has 1 fully saturated rings. The predicted molar refractivity (Wildman–Crippen MR) is 74.2 cm³/mol. The first-order valence-corrected chi connectivity index (χ1v) is 7.16. The summed E-state index contributed by atoms with van der Waals surface area (Å²) in [5.41, 5.74) is 0.943. The van der Waals surface area contributed by atoms with Crippen LogP contribution in [0.3, 0.4) is 0 Å². The topological polar surface area (TPSA) is 60.0 Å². The Morgan fingerprint density at radius 2 is 2.20 bits per heavy atom. The highest BCUT2D eigenvalue weighted by atomic mass is 16.5. The van der Waals surface area contributed by atoms with E-state index in [0.29, 0.717) is 6.04 Å². The van der Waals surface area contributed by atoms with E-state index in [4.69, 9.17) is 4.52 Å². The van der Waals surface area contributed by atoms with Crippen molar-refractivity contribution in [2.75, 3.05) is 6.54 Å². The summed E-state index contributed by atoms with van der Waals surface area (Å²) in [4.78, 5) is 6.83. The molecule has 0 aliphatic carbocycles. The maximum Gasteiger partial charge on any atom is 0.150 e. The Hall–Kier alpha value is -1.69. The summed E-state index contributed by atoms with van der Waals surface area (Å²) in [5.74, 6) is 2.78. The molecule has 1 aliphatic heterocycles. The van der Waals surface area contributed by atoms with Crippen molar-refractivity contribution in [3.05, 3.63) is 29.2 Å². The minimum Gasteiger partial charge on any atom is -0.360 e. The number of hydrogen-bond donors (Lipinski definition) is 0. The Kier molecular flexibility index (Phi) is 3.56. The molecule has 0 N–H and O–H groups in total. The molecule has 3 heterocycles. The van der Waals surface area contributed by atoms with E-state index in [-0.39, 0.29) is 0 Å². The molecule has 0 aromatic carbocycles. The highest BCUT2D eigenvalue weighted by Crippen LogP contribution is 2.22. The van der Waals surface area contributed by atoms with E-state index >= 15 is 0 Å². The van der Waals surface area contributed by atoms with Crippen LogP contribution in [-0.2, 0) is 13.1 Å². The zero-order valence-corrected chi connectivity index (χ0v) is 12.3. The van der Waals surface area contributed by atoms with E-state index in [1.807, 2.05) is 31.5 Å². The van der Waals surface area contributed by atoms with Crippen LogP contribution in [0.4, 0.5) is 0 Å². The Morgan fingerprint density at radius 1 is 1.35 bits per heavy atom. The molecule has 0 bridgehead atoms. The third-order valence-electron chi connectivity index (χ3n) is 3.88. The van der Waals surface area contributed by atoms with Crippen molar-refractivity contribution in [3.63, 3.8) is 0 Å². The van der Waals surface area contributed by atoms with Crippen LogP contribution in [0.2, 0.25) is 0 Å². The fourth-order valence-electron chi connectivity index (χ4n) is 2.93. The minimum atomic E-state index is 0.500. The number of aryl methyl sites for hydroxylation is 3. The van der Waals surface area contributed by atoms with Crippen molar-refractivity contribution in [1.82, 2.24) is 24.8 Å². The zero-order valence-electron chi connectivity index (χ0n) is 12.3. The third kappa shape index (κ3) is 2.75. The average molecular weight is 275 g/mol. The monoisotopic (exact) mass is 275 g/mol. The van der Waals surface area contributed by atoms with Gasteiger partial charge in [0.15, 0.2) is 5.76 Å². The molecule has 1 saturated heterocycles. The van der Waals surface area contributed by atoms with Crippen LogP contribution in [-0.4, -0.2) is 37.4 Å². The molecule has 6 nitrogen and oxygen atoms in total. The Bertz CT molecular complexity index is 588. The standard InChI is InChI=1S/C14H21N5O/c1-10-7-14(20-17-10)9-18-6-4-5-13(18)8-19-12(3)15-11(2)16-19/h7,13H,4-6,8-9H2,1-3H3. The van der Waals surface area contributed by atoms with Crippen LogP contribution in [0.25, 0.3) is 0 Å². The molecule has 1 aliphatic rings. The van der Waals surface area contributed by atoms with E-state index in [9.17, 15) is 0 Å². The summed E-state index contributed by atoms with van der Waals surface area (Å²) in [6.45, 7) is 8.75. The van der Waals surface area contributed by atoms with Crippen LogP contribution in [0.5, 0.6) is 0 Å². The zero-order chi connectivity index (χ0) is 14.1. The number of likely N-dealkylation sites (tertiary alicyclic amines) is 1. The first-order valence-electron chi connectivity index (χ1n) is 7.16. The molecule has 0 amide bonds. The van der Waals surface area contributed by atoms with E-state index in [2.05, 4.69) is 20.1 Å². The SMILES string of the molecule is Cc1cc(CN2CCCC2Cn2nc(C)nc2C)on1. The number of nitrogens with zero attached hydrogens (tertiary/aromatic N) is 5. The van der Waals surface area contributed by atoms with Gasteiger partial charge in [0, 0.05) is 12.1 Å². The smallest absolute Gasteiger partial charge is 0.150 e. The van der Waals surface area contributed by atoms with Crippen molar-refractivity contribution in [3.8, 4) is 0 Å². The second-order valence-electron chi connectivity index (χ2n) is 5.59. The lowest BCUT2D eigenvalue weighted by Gasteiger charge is -2.23. The molecule has 1 unspecified atom stereocenters. The second-order valence-corrected chi connectivity index (χ2v) is 5.59. The normalized spacial score (nSPS) is 19.9. The fourth-order valence-corrected chi connectivity index (χ4v) is 2.93. The first-order chi connectivity index (χ1) is 9.61. The predicted octanol–water partition coefficient (Wildman–Crippen LogP) is 1.86. The van der Waals surface area contributed by atoms with Crippen LogP contribution in [0.1, 0.15) is 35.9 Å². The second kappa shape index (κ2) is 5.36. The minimum absolute atomic E-state index is 0.500. The van der Waals surface area contributed by atoms with Gasteiger partial charge in [-0.25, -0.2) is 9.67 Å². The Balaban J connectivity index is 1.67. The van der Waals surface area contributed by atoms with Gasteiger partial charge in [-0.15, -0.1) is 0 Å². The van der Waals surface area contributed by atoms with Crippen LogP contribution < -0.4 is 0 Å². The number of aromatic nitrogens is 4. The van der Waals surface area contributed by atoms with E-state index in [0.717, 1.165) is 42.7 Å². The van der Waals surface area contributed by atoms with Gasteiger partial charge in [0.1, 0.15) is 11.6 Å². The molecular weight excluding hydrogens is 254 g/mol. The molecule has 0 spiro atoms. The third-order valence-corrected chi connectivity index (χ3v) is 3.88. The van der Waals surface area contributed by atoms with E-state index in [1.165, 1.54) is 12.8 Å². The summed E-state index contributed by atoms with van der Waals surface area (Å²) in [7, 11) is 0. The summed E-state index contributed by atoms with van der Waals surface area (Å²) in [6.07, 6.45) is 2.43. The van der Waals surface area contributed by atoms with Crippen LogP contribution >= 0.6 is 0 Å². The lowest BCUT2D eigenvalue weighted by atomic mass is 10.2. The van der Waals surface area contributed by atoms with Gasteiger partial charge in [-0.05, 0) is 40.2 Å². The van der Waals surface area contributed by atoms with Crippen molar-refractivity contribution >= 4 is 0 Å². The summed E-state index contributed by atoms with van der Waals surface area (Å²) < 4.78 is 7.34. The Morgan fingerprint density at radius 3 is 2.85 bits per heavy atom. The number of hydrogen-bond acceptors (Lipinski definition) is 5. The molecule has 108 valence electrons. The molecular formula is C14H21N5O. The molecule has 3 rings (SSSR count). The van der Waals surface area contributed by atoms with Gasteiger partial charge in [0.05, 0.1) is 18.8 Å². The number of rotatable bonds is 4.